The van der Waals surface area contributed by atoms with E-state index in [4.69, 9.17) is 4.74 Å². The second-order valence-corrected chi connectivity index (χ2v) is 4.43. The molecule has 1 fully saturated rings. The summed E-state index contributed by atoms with van der Waals surface area (Å²) in [6, 6.07) is 10.6. The molecule has 0 saturated carbocycles. The van der Waals surface area contributed by atoms with Crippen molar-refractivity contribution in [1.29, 1.82) is 0 Å². The molecule has 0 radical (unpaired) electrons. The average Bonchev–Trinajstić information content (AvgIpc) is 2.37. The molecule has 2 heteroatoms. The minimum absolute atomic E-state index is 0.449. The highest BCUT2D eigenvalue weighted by Crippen LogP contribution is 2.08. The monoisotopic (exact) mass is 219 g/mol. The molecule has 1 aromatic carbocycles. The van der Waals surface area contributed by atoms with Gasteiger partial charge in [-0.25, -0.2) is 0 Å². The smallest absolute Gasteiger partial charge is 0.0699 e. The van der Waals surface area contributed by atoms with Crippen LogP contribution in [0, 0.1) is 0 Å². The Balaban J connectivity index is 1.58. The number of nitrogens with one attached hydrogen (secondary N) is 1. The normalized spacial score (nSPS) is 20.9. The number of hydrogen-bond donors (Lipinski definition) is 1. The van der Waals surface area contributed by atoms with Gasteiger partial charge >= 0.3 is 0 Å². The van der Waals surface area contributed by atoms with Crippen LogP contribution in [0.4, 0.5) is 0 Å². The Bertz CT molecular complexity index is 280. The molecule has 1 N–H and O–H groups in total. The summed E-state index contributed by atoms with van der Waals surface area (Å²) >= 11 is 0. The molecule has 0 aromatic heterocycles. The van der Waals surface area contributed by atoms with E-state index in [1.165, 1.54) is 18.4 Å². The molecule has 16 heavy (non-hydrogen) atoms. The average molecular weight is 219 g/mol. The summed E-state index contributed by atoms with van der Waals surface area (Å²) in [7, 11) is 0. The maximum absolute atomic E-state index is 5.84. The van der Waals surface area contributed by atoms with Gasteiger partial charge in [0.25, 0.3) is 0 Å². The summed E-state index contributed by atoms with van der Waals surface area (Å²) in [6.07, 6.45) is 5.17. The Morgan fingerprint density at radius 2 is 2.12 bits per heavy atom. The number of rotatable bonds is 5. The lowest BCUT2D eigenvalue weighted by Gasteiger charge is -2.23. The van der Waals surface area contributed by atoms with E-state index in [2.05, 4.69) is 35.6 Å². The quantitative estimate of drug-likeness (QED) is 0.768. The van der Waals surface area contributed by atoms with E-state index in [-0.39, 0.29) is 0 Å². The summed E-state index contributed by atoms with van der Waals surface area (Å²) in [6.45, 7) is 3.08. The Labute approximate surface area is 98.0 Å². The van der Waals surface area contributed by atoms with Crippen molar-refractivity contribution in [3.05, 3.63) is 35.9 Å². The van der Waals surface area contributed by atoms with Crippen molar-refractivity contribution in [2.75, 3.05) is 19.7 Å². The van der Waals surface area contributed by atoms with Gasteiger partial charge in [0.15, 0.2) is 0 Å². The lowest BCUT2D eigenvalue weighted by molar-refractivity contribution is 0.0358. The highest BCUT2D eigenvalue weighted by molar-refractivity contribution is 5.14. The van der Waals surface area contributed by atoms with Gasteiger partial charge in [0, 0.05) is 13.2 Å². The lowest BCUT2D eigenvalue weighted by Crippen LogP contribution is -2.35. The first-order chi connectivity index (χ1) is 7.95. The third kappa shape index (κ3) is 3.95. The molecule has 2 nitrogen and oxygen atoms in total. The third-order valence-electron chi connectivity index (χ3n) is 3.06. The number of ether oxygens (including phenoxy) is 1. The maximum atomic E-state index is 5.84. The Hall–Kier alpha value is -0.860. The molecule has 0 unspecified atom stereocenters. The molecule has 1 aromatic rings. The van der Waals surface area contributed by atoms with Crippen molar-refractivity contribution in [3.8, 4) is 0 Å². The fourth-order valence-electron chi connectivity index (χ4n) is 2.13. The van der Waals surface area contributed by atoms with E-state index in [1.54, 1.807) is 0 Å². The lowest BCUT2D eigenvalue weighted by atomic mass is 10.1. The zero-order chi connectivity index (χ0) is 11.1. The van der Waals surface area contributed by atoms with Crippen LogP contribution in [-0.4, -0.2) is 25.8 Å². The van der Waals surface area contributed by atoms with Crippen molar-refractivity contribution in [2.45, 2.75) is 31.8 Å². The van der Waals surface area contributed by atoms with Crippen LogP contribution in [0.5, 0.6) is 0 Å². The fraction of sp³-hybridized carbons (Fsp3) is 0.571. The first kappa shape index (κ1) is 11.6. The van der Waals surface area contributed by atoms with Gasteiger partial charge in [0.2, 0.25) is 0 Å². The summed E-state index contributed by atoms with van der Waals surface area (Å²) in [5.41, 5.74) is 1.41. The molecule has 0 bridgehead atoms. The van der Waals surface area contributed by atoms with Crippen LogP contribution in [0.1, 0.15) is 24.8 Å². The minimum atomic E-state index is 0.449. The zero-order valence-corrected chi connectivity index (χ0v) is 9.82. The predicted octanol–water partition coefficient (Wildman–Crippen LogP) is 2.39. The first-order valence-corrected chi connectivity index (χ1v) is 6.31. The maximum Gasteiger partial charge on any atom is 0.0699 e. The van der Waals surface area contributed by atoms with Gasteiger partial charge in [-0.05, 0) is 37.8 Å². The van der Waals surface area contributed by atoms with Crippen LogP contribution < -0.4 is 5.32 Å². The van der Waals surface area contributed by atoms with Crippen molar-refractivity contribution >= 4 is 0 Å². The van der Waals surface area contributed by atoms with E-state index >= 15 is 0 Å². The van der Waals surface area contributed by atoms with Crippen LogP contribution in [0.3, 0.4) is 0 Å². The van der Waals surface area contributed by atoms with Crippen molar-refractivity contribution in [1.82, 2.24) is 5.32 Å². The second kappa shape index (κ2) is 6.66. The fourth-order valence-corrected chi connectivity index (χ4v) is 2.13. The molecule has 0 aliphatic carbocycles. The molecule has 0 amide bonds. The van der Waals surface area contributed by atoms with E-state index in [9.17, 15) is 0 Å². The van der Waals surface area contributed by atoms with Gasteiger partial charge in [-0.1, -0.05) is 30.3 Å². The molecular weight excluding hydrogens is 198 g/mol. The second-order valence-electron chi connectivity index (χ2n) is 4.43. The standard InChI is InChI=1S/C14H21NO/c1-2-6-13(7-3-1)8-5-11-16-14-9-4-10-15-12-14/h1-3,6-7,14-15H,4-5,8-12H2/t14-/m0/s1. The van der Waals surface area contributed by atoms with Gasteiger partial charge in [-0.3, -0.25) is 0 Å². The van der Waals surface area contributed by atoms with Crippen LogP contribution in [0.25, 0.3) is 0 Å². The highest BCUT2D eigenvalue weighted by atomic mass is 16.5. The molecule has 1 aliphatic heterocycles. The summed E-state index contributed by atoms with van der Waals surface area (Å²) in [5.74, 6) is 0. The summed E-state index contributed by atoms with van der Waals surface area (Å²) in [4.78, 5) is 0. The van der Waals surface area contributed by atoms with Gasteiger partial charge in [0.1, 0.15) is 0 Å². The molecule has 1 atom stereocenters. The number of piperidine rings is 1. The topological polar surface area (TPSA) is 21.3 Å². The van der Waals surface area contributed by atoms with Gasteiger partial charge < -0.3 is 10.1 Å². The van der Waals surface area contributed by atoms with Crippen LogP contribution in [-0.2, 0) is 11.2 Å². The number of hydrogen-bond acceptors (Lipinski definition) is 2. The summed E-state index contributed by atoms with van der Waals surface area (Å²) < 4.78 is 5.84. The Morgan fingerprint density at radius 3 is 2.88 bits per heavy atom. The molecule has 1 heterocycles. The molecule has 0 spiro atoms. The molecule has 88 valence electrons. The number of aryl methyl sites for hydroxylation is 1. The SMILES string of the molecule is c1ccc(CCCO[C@H]2CCCNC2)cc1. The van der Waals surface area contributed by atoms with E-state index in [0.717, 1.165) is 32.5 Å². The third-order valence-corrected chi connectivity index (χ3v) is 3.06. The van der Waals surface area contributed by atoms with E-state index in [1.807, 2.05) is 0 Å². The Kier molecular flexibility index (Phi) is 4.84. The van der Waals surface area contributed by atoms with Gasteiger partial charge in [-0.15, -0.1) is 0 Å². The van der Waals surface area contributed by atoms with Crippen LogP contribution in [0.2, 0.25) is 0 Å². The predicted molar refractivity (Wildman–Crippen MR) is 66.6 cm³/mol. The first-order valence-electron chi connectivity index (χ1n) is 6.31. The van der Waals surface area contributed by atoms with E-state index in [0.29, 0.717) is 6.10 Å². The van der Waals surface area contributed by atoms with Crippen molar-refractivity contribution < 1.29 is 4.74 Å². The van der Waals surface area contributed by atoms with Gasteiger partial charge in [0.05, 0.1) is 6.10 Å². The van der Waals surface area contributed by atoms with Crippen LogP contribution >= 0.6 is 0 Å². The van der Waals surface area contributed by atoms with E-state index < -0.39 is 0 Å². The highest BCUT2D eigenvalue weighted by Gasteiger charge is 2.12. The largest absolute Gasteiger partial charge is 0.377 e. The molecule has 1 saturated heterocycles. The molecule has 1 aliphatic rings. The van der Waals surface area contributed by atoms with Crippen molar-refractivity contribution in [2.24, 2.45) is 0 Å². The molecule has 2 rings (SSSR count). The minimum Gasteiger partial charge on any atom is -0.377 e. The zero-order valence-electron chi connectivity index (χ0n) is 9.82. The van der Waals surface area contributed by atoms with Crippen molar-refractivity contribution in [3.63, 3.8) is 0 Å². The number of benzene rings is 1. The summed E-state index contributed by atoms with van der Waals surface area (Å²) in [5, 5.41) is 3.37. The van der Waals surface area contributed by atoms with Crippen LogP contribution in [0.15, 0.2) is 30.3 Å². The Morgan fingerprint density at radius 1 is 1.25 bits per heavy atom. The van der Waals surface area contributed by atoms with Gasteiger partial charge in [-0.2, -0.15) is 0 Å². The molecular formula is C14H21NO.